The van der Waals surface area contributed by atoms with Gasteiger partial charge in [-0.1, -0.05) is 48.5 Å². The second-order valence-corrected chi connectivity index (χ2v) is 7.62. The van der Waals surface area contributed by atoms with Gasteiger partial charge in [0.2, 0.25) is 0 Å². The minimum atomic E-state index is -0.587. The fourth-order valence-electron chi connectivity index (χ4n) is 3.68. The van der Waals surface area contributed by atoms with Crippen molar-refractivity contribution < 1.29 is 19.7 Å². The van der Waals surface area contributed by atoms with Crippen LogP contribution in [-0.4, -0.2) is 21.7 Å². The average Bonchev–Trinajstić information content (AvgIpc) is 2.85. The topological polar surface area (TPSA) is 87.8 Å². The van der Waals surface area contributed by atoms with Crippen molar-refractivity contribution in [2.45, 2.75) is 12.5 Å². The molecule has 1 aromatic heterocycles. The summed E-state index contributed by atoms with van der Waals surface area (Å²) in [6, 6.07) is 23.0. The number of para-hydroxylation sites is 1. The Hall–Kier alpha value is -4.32. The van der Waals surface area contributed by atoms with Crippen LogP contribution in [0.1, 0.15) is 33.9 Å². The van der Waals surface area contributed by atoms with Gasteiger partial charge in [0.05, 0.1) is 18.0 Å². The number of carbonyl (C=O) groups excluding carboxylic acids is 1. The molecule has 0 saturated heterocycles. The Morgan fingerprint density at radius 3 is 2.48 bits per heavy atom. The largest absolute Gasteiger partial charge is 0.508 e. The van der Waals surface area contributed by atoms with Gasteiger partial charge in [0.15, 0.2) is 5.71 Å². The number of rotatable bonds is 7. The van der Waals surface area contributed by atoms with E-state index in [0.29, 0.717) is 28.0 Å². The lowest BCUT2D eigenvalue weighted by Crippen LogP contribution is -2.43. The molecule has 1 atom stereocenters. The van der Waals surface area contributed by atoms with Crippen molar-refractivity contribution in [3.05, 3.63) is 120 Å². The van der Waals surface area contributed by atoms with Crippen LogP contribution in [0.3, 0.4) is 0 Å². The summed E-state index contributed by atoms with van der Waals surface area (Å²) in [4.78, 5) is 17.3. The van der Waals surface area contributed by atoms with Gasteiger partial charge in [-0.3, -0.25) is 15.2 Å². The molecule has 4 rings (SSSR count). The monoisotopic (exact) mass is 440 g/mol. The van der Waals surface area contributed by atoms with Gasteiger partial charge in [0.25, 0.3) is 5.91 Å². The summed E-state index contributed by atoms with van der Waals surface area (Å²) in [6.07, 6.45) is 3.57. The van der Waals surface area contributed by atoms with Crippen LogP contribution in [0.25, 0.3) is 11.1 Å². The van der Waals surface area contributed by atoms with Gasteiger partial charge < -0.3 is 10.4 Å². The van der Waals surface area contributed by atoms with E-state index in [0.717, 1.165) is 5.56 Å². The van der Waals surface area contributed by atoms with Gasteiger partial charge >= 0.3 is 0 Å². The number of aromatic nitrogens is 1. The number of aromatic hydroxyl groups is 1. The molecule has 4 aromatic rings. The van der Waals surface area contributed by atoms with Crippen LogP contribution in [0.15, 0.2) is 97.3 Å². The van der Waals surface area contributed by atoms with Gasteiger partial charge in [-0.15, -0.1) is 0 Å². The molecule has 4 N–H and O–H groups in total. The maximum Gasteiger partial charge on any atom is 0.251 e. The molecule has 0 bridgehead atoms. The molecule has 5 nitrogen and oxygen atoms in total. The predicted molar refractivity (Wildman–Crippen MR) is 125 cm³/mol. The van der Waals surface area contributed by atoms with Gasteiger partial charge in [0.1, 0.15) is 11.6 Å². The van der Waals surface area contributed by atoms with E-state index in [2.05, 4.69) is 10.3 Å². The number of hydrogen-bond acceptors (Lipinski definition) is 3. The number of benzene rings is 3. The lowest BCUT2D eigenvalue weighted by Gasteiger charge is -2.19. The average molecular weight is 440 g/mol. The first-order chi connectivity index (χ1) is 16.0. The van der Waals surface area contributed by atoms with Crippen molar-refractivity contribution in [2.75, 3.05) is 0 Å². The fourth-order valence-corrected chi connectivity index (χ4v) is 3.68. The number of phenols is 1. The third kappa shape index (κ3) is 5.13. The third-order valence-corrected chi connectivity index (χ3v) is 5.38. The number of halogens is 1. The molecule has 0 aliphatic rings. The number of nitrogens with zero attached hydrogens (tertiary/aromatic N) is 1. The van der Waals surface area contributed by atoms with E-state index < -0.39 is 6.04 Å². The Morgan fingerprint density at radius 1 is 0.970 bits per heavy atom. The van der Waals surface area contributed by atoms with Crippen molar-refractivity contribution in [2.24, 2.45) is 0 Å². The second kappa shape index (κ2) is 9.87. The minimum absolute atomic E-state index is 0.0573. The molecule has 33 heavy (non-hydrogen) atoms. The van der Waals surface area contributed by atoms with E-state index in [9.17, 15) is 14.3 Å². The molecule has 0 aliphatic carbocycles. The molecule has 6 heteroatoms. The van der Waals surface area contributed by atoms with E-state index in [-0.39, 0.29) is 23.9 Å². The smallest absolute Gasteiger partial charge is 0.251 e. The highest BCUT2D eigenvalue weighted by atomic mass is 19.1. The lowest BCUT2D eigenvalue weighted by atomic mass is 9.96. The first-order valence-corrected chi connectivity index (χ1v) is 10.5. The molecule has 0 aliphatic heterocycles. The van der Waals surface area contributed by atoms with E-state index >= 15 is 0 Å². The van der Waals surface area contributed by atoms with E-state index in [4.69, 9.17) is 5.41 Å². The zero-order valence-electron chi connectivity index (χ0n) is 17.8. The van der Waals surface area contributed by atoms with Gasteiger partial charge in [-0.2, -0.15) is 0 Å². The Bertz CT molecular complexity index is 1290. The molecule has 1 unspecified atom stereocenters. The van der Waals surface area contributed by atoms with Crippen molar-refractivity contribution in [1.29, 1.82) is 0 Å². The first-order valence-electron chi connectivity index (χ1n) is 10.5. The Morgan fingerprint density at radius 2 is 1.73 bits per heavy atom. The zero-order chi connectivity index (χ0) is 23.2. The molecule has 0 radical (unpaired) electrons. The van der Waals surface area contributed by atoms with Gasteiger partial charge in [-0.25, -0.2) is 4.39 Å². The summed E-state index contributed by atoms with van der Waals surface area (Å²) in [7, 11) is 0. The molecule has 0 fully saturated rings. The zero-order valence-corrected chi connectivity index (χ0v) is 17.8. The summed E-state index contributed by atoms with van der Waals surface area (Å²) in [6.45, 7) is 0. The Balaban J connectivity index is 1.62. The number of nitrogens with one attached hydrogen (secondary N) is 1. The Labute approximate surface area is 191 Å². The highest BCUT2D eigenvalue weighted by molar-refractivity contribution is 5.98. The maximum absolute atomic E-state index is 14.2. The number of phenolic OH excluding ortho intramolecular Hbond substituents is 1. The summed E-state index contributed by atoms with van der Waals surface area (Å²) >= 11 is 0. The van der Waals surface area contributed by atoms with E-state index in [1.54, 1.807) is 85.2 Å². The van der Waals surface area contributed by atoms with E-state index in [1.807, 2.05) is 6.07 Å². The lowest BCUT2D eigenvalue weighted by molar-refractivity contribution is -0.115. The van der Waals surface area contributed by atoms with Crippen LogP contribution in [0.2, 0.25) is 0 Å². The summed E-state index contributed by atoms with van der Waals surface area (Å²) in [5.41, 5.74) is 3.20. The first kappa shape index (κ1) is 21.9. The molecule has 3 aromatic carbocycles. The van der Waals surface area contributed by atoms with Crippen LogP contribution < -0.4 is 10.7 Å². The van der Waals surface area contributed by atoms with Crippen LogP contribution in [0.5, 0.6) is 5.75 Å². The van der Waals surface area contributed by atoms with Gasteiger partial charge in [-0.05, 0) is 42.0 Å². The van der Waals surface area contributed by atoms with Crippen LogP contribution in [-0.2, 0) is 0 Å². The highest BCUT2D eigenvalue weighted by Crippen LogP contribution is 2.28. The molecular weight excluding hydrogens is 417 g/mol. The summed E-state index contributed by atoms with van der Waals surface area (Å²) in [5.74, 6) is -0.664. The van der Waals surface area contributed by atoms with Crippen LogP contribution in [0, 0.1) is 5.82 Å². The minimum Gasteiger partial charge on any atom is -0.508 e. The van der Waals surface area contributed by atoms with Crippen LogP contribution >= 0.6 is 0 Å². The quantitative estimate of drug-likeness (QED) is 0.383. The number of hydrogen-bond donors (Lipinski definition) is 3. The number of nitrogens with two attached hydrogens (primary N) is 1. The molecule has 164 valence electrons. The standard InChI is InChI=1S/C27H22FN3O2/c28-23-12-3-1-10-21(23)18-7-5-8-19(15-18)27(33)31-25(22-11-2-4-13-26(22)32)16-24(29)20-9-6-14-30-17-20/h1-15,17,25,29,32H,16H2,(H,31,33)/p+1. The normalized spacial score (nSPS) is 11.5. The van der Waals surface area contributed by atoms with Crippen molar-refractivity contribution >= 4 is 11.6 Å². The summed E-state index contributed by atoms with van der Waals surface area (Å²) in [5, 5.41) is 19.7. The number of carbonyl (C=O) groups is 1. The number of amides is 1. The van der Waals surface area contributed by atoms with Crippen molar-refractivity contribution in [1.82, 2.24) is 10.3 Å². The molecular formula is C27H23FN3O2+. The fraction of sp³-hybridized carbons (Fsp3) is 0.0741. The predicted octanol–water partition coefficient (Wildman–Crippen LogP) is 3.70. The third-order valence-electron chi connectivity index (χ3n) is 5.38. The van der Waals surface area contributed by atoms with Crippen LogP contribution in [0.4, 0.5) is 4.39 Å². The van der Waals surface area contributed by atoms with Crippen molar-refractivity contribution in [3.8, 4) is 16.9 Å². The SMILES string of the molecule is [NH2+]=C(CC(NC(=O)c1cccc(-c2ccccc2F)c1)c1ccccc1O)c1cccnc1. The second-order valence-electron chi connectivity index (χ2n) is 7.62. The Kier molecular flexibility index (Phi) is 6.55. The van der Waals surface area contributed by atoms with E-state index in [1.165, 1.54) is 6.07 Å². The number of pyridine rings is 1. The molecule has 0 spiro atoms. The molecule has 1 heterocycles. The molecule has 0 saturated carbocycles. The summed E-state index contributed by atoms with van der Waals surface area (Å²) < 4.78 is 14.2. The van der Waals surface area contributed by atoms with Gasteiger partial charge in [0, 0.05) is 29.1 Å². The maximum atomic E-state index is 14.2. The highest BCUT2D eigenvalue weighted by Gasteiger charge is 2.23. The van der Waals surface area contributed by atoms with Crippen molar-refractivity contribution in [3.63, 3.8) is 0 Å². The molecule has 1 amide bonds.